The normalized spacial score (nSPS) is 10.5. The molecule has 5 nitrogen and oxygen atoms in total. The van der Waals surface area contributed by atoms with Gasteiger partial charge in [-0.1, -0.05) is 49.0 Å². The van der Waals surface area contributed by atoms with E-state index < -0.39 is 5.97 Å². The highest BCUT2D eigenvalue weighted by Gasteiger charge is 2.09. The van der Waals surface area contributed by atoms with Gasteiger partial charge in [0.25, 0.3) is 0 Å². The molecule has 5 heteroatoms. The summed E-state index contributed by atoms with van der Waals surface area (Å²) in [6.07, 6.45) is 0. The number of benzene rings is 3. The van der Waals surface area contributed by atoms with Gasteiger partial charge in [-0.25, -0.2) is 4.79 Å². The number of carbonyl (C=O) groups excluding carboxylic acids is 1. The molecule has 0 atom stereocenters. The third kappa shape index (κ3) is 5.83. The Morgan fingerprint density at radius 3 is 2.14 bits per heavy atom. The summed E-state index contributed by atoms with van der Waals surface area (Å²) in [6, 6.07) is 21.4. The van der Waals surface area contributed by atoms with Crippen LogP contribution in [0.5, 0.6) is 17.2 Å². The van der Waals surface area contributed by atoms with Crippen LogP contribution in [-0.4, -0.2) is 32.4 Å². The quantitative estimate of drug-likeness (QED) is 0.271. The second-order valence-corrected chi connectivity index (χ2v) is 6.40. The average molecular weight is 392 g/mol. The summed E-state index contributed by atoms with van der Waals surface area (Å²) in [5.74, 6) is 1.91. The highest BCUT2D eigenvalue weighted by atomic mass is 16.6. The van der Waals surface area contributed by atoms with Gasteiger partial charge in [0.2, 0.25) is 0 Å². The molecule has 0 fully saturated rings. The predicted molar refractivity (Wildman–Crippen MR) is 113 cm³/mol. The third-order valence-corrected chi connectivity index (χ3v) is 4.11. The zero-order valence-electron chi connectivity index (χ0n) is 16.4. The summed E-state index contributed by atoms with van der Waals surface area (Å²) in [6.45, 7) is 6.42. The lowest BCUT2D eigenvalue weighted by Crippen LogP contribution is -2.13. The van der Waals surface area contributed by atoms with Crippen molar-refractivity contribution >= 4 is 16.7 Å². The Kier molecular flexibility index (Phi) is 7.25. The summed E-state index contributed by atoms with van der Waals surface area (Å²) in [5, 5.41) is 1.94. The molecule has 0 saturated carbocycles. The Bertz CT molecular complexity index is 965. The molecule has 0 N–H and O–H groups in total. The minimum atomic E-state index is -0.408. The predicted octanol–water partition coefficient (Wildman–Crippen LogP) is 5.15. The van der Waals surface area contributed by atoms with Crippen LogP contribution in [0.3, 0.4) is 0 Å². The first kappa shape index (κ1) is 20.4. The maximum atomic E-state index is 11.3. The van der Waals surface area contributed by atoms with E-state index in [0.717, 1.165) is 28.0 Å². The zero-order chi connectivity index (χ0) is 20.5. The number of hydrogen-bond donors (Lipinski definition) is 0. The fourth-order valence-corrected chi connectivity index (χ4v) is 2.70. The lowest BCUT2D eigenvalue weighted by molar-refractivity contribution is -0.140. The van der Waals surface area contributed by atoms with Gasteiger partial charge in [0, 0.05) is 16.3 Å². The smallest absolute Gasteiger partial charge is 0.333 e. The molecular weight excluding hydrogens is 368 g/mol. The minimum absolute atomic E-state index is 0.195. The molecular formula is C24H24O5. The van der Waals surface area contributed by atoms with Gasteiger partial charge in [-0.3, -0.25) is 0 Å². The number of hydrogen-bond acceptors (Lipinski definition) is 5. The highest BCUT2D eigenvalue weighted by Crippen LogP contribution is 2.35. The summed E-state index contributed by atoms with van der Waals surface area (Å²) in [7, 11) is 0. The summed E-state index contributed by atoms with van der Waals surface area (Å²) >= 11 is 0. The zero-order valence-corrected chi connectivity index (χ0v) is 16.4. The third-order valence-electron chi connectivity index (χ3n) is 4.11. The monoisotopic (exact) mass is 392 g/mol. The molecule has 0 radical (unpaired) electrons. The molecule has 3 aromatic rings. The molecule has 3 rings (SSSR count). The van der Waals surface area contributed by atoms with E-state index in [-0.39, 0.29) is 6.61 Å². The van der Waals surface area contributed by atoms with E-state index in [0.29, 0.717) is 25.4 Å². The standard InChI is InChI=1S/C24H24O5/c1-18(2)24(25)28-17-15-26-14-16-27-22-12-13-23(21-11-7-6-10-20(21)22)29-19-8-4-3-5-9-19/h3-13H,1,14-17H2,2H3. The SMILES string of the molecule is C=C(C)C(=O)OCCOCCOc1ccc(Oc2ccccc2)c2ccccc12. The van der Waals surface area contributed by atoms with Crippen molar-refractivity contribution in [3.05, 3.63) is 78.9 Å². The average Bonchev–Trinajstić information content (AvgIpc) is 2.74. The number of ether oxygens (including phenoxy) is 4. The fourth-order valence-electron chi connectivity index (χ4n) is 2.70. The lowest BCUT2D eigenvalue weighted by Gasteiger charge is -2.13. The van der Waals surface area contributed by atoms with Gasteiger partial charge < -0.3 is 18.9 Å². The van der Waals surface area contributed by atoms with Gasteiger partial charge in [0.15, 0.2) is 0 Å². The van der Waals surface area contributed by atoms with Crippen molar-refractivity contribution in [2.45, 2.75) is 6.92 Å². The van der Waals surface area contributed by atoms with Crippen LogP contribution >= 0.6 is 0 Å². The first-order valence-corrected chi connectivity index (χ1v) is 9.43. The van der Waals surface area contributed by atoms with Crippen molar-refractivity contribution in [2.75, 3.05) is 26.4 Å². The largest absolute Gasteiger partial charge is 0.491 e. The Labute approximate surface area is 170 Å². The topological polar surface area (TPSA) is 54.0 Å². The Balaban J connectivity index is 1.55. The summed E-state index contributed by atoms with van der Waals surface area (Å²) in [5.41, 5.74) is 0.375. The van der Waals surface area contributed by atoms with Crippen molar-refractivity contribution in [1.29, 1.82) is 0 Å². The van der Waals surface area contributed by atoms with Gasteiger partial charge in [0.05, 0.1) is 13.2 Å². The van der Waals surface area contributed by atoms with Crippen LogP contribution in [-0.2, 0) is 14.3 Å². The summed E-state index contributed by atoms with van der Waals surface area (Å²) < 4.78 is 22.3. The fraction of sp³-hybridized carbons (Fsp3) is 0.208. The molecule has 29 heavy (non-hydrogen) atoms. The van der Waals surface area contributed by atoms with Crippen molar-refractivity contribution < 1.29 is 23.7 Å². The molecule has 0 heterocycles. The Morgan fingerprint density at radius 1 is 0.793 bits per heavy atom. The second-order valence-electron chi connectivity index (χ2n) is 6.40. The van der Waals surface area contributed by atoms with Crippen LogP contribution in [0.1, 0.15) is 6.92 Å². The number of esters is 1. The van der Waals surface area contributed by atoms with Gasteiger partial charge in [-0.2, -0.15) is 0 Å². The van der Waals surface area contributed by atoms with Crippen LogP contribution in [0.25, 0.3) is 10.8 Å². The maximum absolute atomic E-state index is 11.3. The van der Waals surface area contributed by atoms with Gasteiger partial charge in [-0.05, 0) is 31.2 Å². The van der Waals surface area contributed by atoms with E-state index >= 15 is 0 Å². The molecule has 0 spiro atoms. The Morgan fingerprint density at radius 2 is 1.41 bits per heavy atom. The number of para-hydroxylation sites is 1. The molecule has 0 aliphatic carbocycles. The molecule has 0 aliphatic rings. The molecule has 0 aromatic heterocycles. The van der Waals surface area contributed by atoms with Crippen molar-refractivity contribution in [3.8, 4) is 17.2 Å². The van der Waals surface area contributed by atoms with E-state index in [9.17, 15) is 4.79 Å². The van der Waals surface area contributed by atoms with E-state index in [1.165, 1.54) is 0 Å². The molecule has 0 saturated heterocycles. The minimum Gasteiger partial charge on any atom is -0.491 e. The number of carbonyl (C=O) groups is 1. The molecule has 0 bridgehead atoms. The van der Waals surface area contributed by atoms with Crippen LogP contribution in [0, 0.1) is 0 Å². The molecule has 0 aliphatic heterocycles. The molecule has 0 amide bonds. The second kappa shape index (κ2) is 10.3. The first-order chi connectivity index (χ1) is 14.1. The van der Waals surface area contributed by atoms with Gasteiger partial charge in [0.1, 0.15) is 30.5 Å². The van der Waals surface area contributed by atoms with Crippen molar-refractivity contribution in [2.24, 2.45) is 0 Å². The van der Waals surface area contributed by atoms with Crippen LogP contribution < -0.4 is 9.47 Å². The molecule has 3 aromatic carbocycles. The van der Waals surface area contributed by atoms with E-state index in [1.54, 1.807) is 6.92 Å². The highest BCUT2D eigenvalue weighted by molar-refractivity contribution is 5.93. The van der Waals surface area contributed by atoms with E-state index in [4.69, 9.17) is 18.9 Å². The van der Waals surface area contributed by atoms with Crippen LogP contribution in [0.15, 0.2) is 78.9 Å². The number of rotatable bonds is 10. The number of fused-ring (bicyclic) bond motifs is 1. The molecule has 0 unspecified atom stereocenters. The van der Waals surface area contributed by atoms with Crippen molar-refractivity contribution in [1.82, 2.24) is 0 Å². The lowest BCUT2D eigenvalue weighted by atomic mass is 10.1. The van der Waals surface area contributed by atoms with Gasteiger partial charge >= 0.3 is 5.97 Å². The van der Waals surface area contributed by atoms with Crippen molar-refractivity contribution in [3.63, 3.8) is 0 Å². The maximum Gasteiger partial charge on any atom is 0.333 e. The van der Waals surface area contributed by atoms with Gasteiger partial charge in [-0.15, -0.1) is 0 Å². The van der Waals surface area contributed by atoms with E-state index in [1.807, 2.05) is 66.7 Å². The summed E-state index contributed by atoms with van der Waals surface area (Å²) in [4.78, 5) is 11.3. The van der Waals surface area contributed by atoms with Crippen LogP contribution in [0.4, 0.5) is 0 Å². The first-order valence-electron chi connectivity index (χ1n) is 9.43. The van der Waals surface area contributed by atoms with E-state index in [2.05, 4.69) is 6.58 Å². The Hall–Kier alpha value is -3.31. The molecule has 150 valence electrons. The van der Waals surface area contributed by atoms with Crippen LogP contribution in [0.2, 0.25) is 0 Å².